The molecule has 2 rings (SSSR count). The van der Waals surface area contributed by atoms with Gasteiger partial charge >= 0.3 is 0 Å². The Morgan fingerprint density at radius 2 is 1.95 bits per heavy atom. The van der Waals surface area contributed by atoms with Crippen LogP contribution in [0.3, 0.4) is 0 Å². The fourth-order valence-electron chi connectivity index (χ4n) is 1.59. The third kappa shape index (κ3) is 4.45. The summed E-state index contributed by atoms with van der Waals surface area (Å²) in [4.78, 5) is 8.68. The van der Waals surface area contributed by atoms with Crippen LogP contribution in [0.2, 0.25) is 5.02 Å². The van der Waals surface area contributed by atoms with E-state index < -0.39 is 0 Å². The molecule has 0 aromatic carbocycles. The maximum Gasteiger partial charge on any atom is 0.121 e. The van der Waals surface area contributed by atoms with E-state index in [1.165, 1.54) is 11.8 Å². The predicted octanol–water partition coefficient (Wildman–Crippen LogP) is 3.02. The number of hydrogen-bond donors (Lipinski definition) is 1. The predicted molar refractivity (Wildman–Crippen MR) is 81.2 cm³/mol. The summed E-state index contributed by atoms with van der Waals surface area (Å²) < 4.78 is 5.01. The number of nitrogens with zero attached hydrogens (tertiary/aromatic N) is 2. The molecule has 0 saturated carbocycles. The summed E-state index contributed by atoms with van der Waals surface area (Å²) in [7, 11) is 1.69. The first-order chi connectivity index (χ1) is 9.81. The van der Waals surface area contributed by atoms with E-state index in [9.17, 15) is 0 Å². The summed E-state index contributed by atoms with van der Waals surface area (Å²) in [5.74, 6) is 0. The van der Waals surface area contributed by atoms with Crippen molar-refractivity contribution in [1.29, 1.82) is 0 Å². The highest BCUT2D eigenvalue weighted by Crippen LogP contribution is 2.31. The third-order valence-corrected chi connectivity index (χ3v) is 4.06. The zero-order valence-electron chi connectivity index (χ0n) is 11.2. The van der Waals surface area contributed by atoms with Crippen LogP contribution in [0, 0.1) is 0 Å². The van der Waals surface area contributed by atoms with Crippen LogP contribution in [-0.4, -0.2) is 30.2 Å². The van der Waals surface area contributed by atoms with Gasteiger partial charge in [0, 0.05) is 32.6 Å². The van der Waals surface area contributed by atoms with Crippen molar-refractivity contribution >= 4 is 23.4 Å². The molecule has 0 fully saturated rings. The van der Waals surface area contributed by atoms with E-state index in [4.69, 9.17) is 16.3 Å². The topological polar surface area (TPSA) is 47.0 Å². The van der Waals surface area contributed by atoms with Crippen molar-refractivity contribution < 1.29 is 4.74 Å². The van der Waals surface area contributed by atoms with Crippen LogP contribution in [0.25, 0.3) is 0 Å². The third-order valence-electron chi connectivity index (χ3n) is 2.57. The standard InChI is InChI=1S/C14H16ClN3OS/c1-19-9-8-16-10-11-4-2-6-17-13(11)20-14-12(15)5-3-7-18-14/h2-7,16H,8-10H2,1H3. The molecule has 0 spiro atoms. The molecule has 0 bridgehead atoms. The van der Waals surface area contributed by atoms with Crippen molar-refractivity contribution in [2.24, 2.45) is 0 Å². The summed E-state index contributed by atoms with van der Waals surface area (Å²) in [5.41, 5.74) is 1.12. The molecular formula is C14H16ClN3OS. The molecule has 106 valence electrons. The lowest BCUT2D eigenvalue weighted by molar-refractivity contribution is 0.199. The Morgan fingerprint density at radius 3 is 2.70 bits per heavy atom. The molecule has 0 unspecified atom stereocenters. The first-order valence-electron chi connectivity index (χ1n) is 6.23. The van der Waals surface area contributed by atoms with Crippen LogP contribution < -0.4 is 5.32 Å². The van der Waals surface area contributed by atoms with E-state index in [2.05, 4.69) is 15.3 Å². The van der Waals surface area contributed by atoms with E-state index >= 15 is 0 Å². The summed E-state index contributed by atoms with van der Waals surface area (Å²) in [5, 5.41) is 5.64. The van der Waals surface area contributed by atoms with Gasteiger partial charge in [0.1, 0.15) is 10.1 Å². The van der Waals surface area contributed by atoms with Crippen molar-refractivity contribution in [2.45, 2.75) is 16.6 Å². The number of halogens is 1. The zero-order chi connectivity index (χ0) is 14.2. The lowest BCUT2D eigenvalue weighted by atomic mass is 10.3. The molecule has 6 heteroatoms. The van der Waals surface area contributed by atoms with Crippen LogP contribution in [0.15, 0.2) is 46.7 Å². The molecule has 2 aromatic heterocycles. The molecule has 0 aliphatic rings. The second kappa shape index (κ2) is 8.21. The van der Waals surface area contributed by atoms with Gasteiger partial charge in [-0.1, -0.05) is 17.7 Å². The van der Waals surface area contributed by atoms with E-state index in [-0.39, 0.29) is 0 Å². The van der Waals surface area contributed by atoms with Gasteiger partial charge in [0.05, 0.1) is 11.6 Å². The Kier molecular flexibility index (Phi) is 6.26. The Hall–Kier alpha value is -1.14. The normalized spacial score (nSPS) is 10.7. The molecular weight excluding hydrogens is 294 g/mol. The average molecular weight is 310 g/mol. The zero-order valence-corrected chi connectivity index (χ0v) is 12.7. The summed E-state index contributed by atoms with van der Waals surface area (Å²) >= 11 is 7.61. The second-order valence-electron chi connectivity index (χ2n) is 4.03. The van der Waals surface area contributed by atoms with E-state index in [1.807, 2.05) is 24.3 Å². The first-order valence-corrected chi connectivity index (χ1v) is 7.42. The van der Waals surface area contributed by atoms with E-state index in [0.717, 1.165) is 28.7 Å². The van der Waals surface area contributed by atoms with Gasteiger partial charge in [0.25, 0.3) is 0 Å². The number of aromatic nitrogens is 2. The summed E-state index contributed by atoms with van der Waals surface area (Å²) in [6, 6.07) is 7.62. The average Bonchev–Trinajstić information content (AvgIpc) is 2.47. The quantitative estimate of drug-likeness (QED) is 0.797. The van der Waals surface area contributed by atoms with Crippen LogP contribution in [0.5, 0.6) is 0 Å². The monoisotopic (exact) mass is 309 g/mol. The van der Waals surface area contributed by atoms with Gasteiger partial charge in [-0.25, -0.2) is 9.97 Å². The van der Waals surface area contributed by atoms with Crippen molar-refractivity contribution in [2.75, 3.05) is 20.3 Å². The molecule has 1 N–H and O–H groups in total. The minimum absolute atomic E-state index is 0.640. The summed E-state index contributed by atoms with van der Waals surface area (Å²) in [6.07, 6.45) is 3.51. The van der Waals surface area contributed by atoms with Crippen LogP contribution >= 0.6 is 23.4 Å². The van der Waals surface area contributed by atoms with Crippen LogP contribution in [0.4, 0.5) is 0 Å². The maximum absolute atomic E-state index is 6.13. The maximum atomic E-state index is 6.13. The fraction of sp³-hybridized carbons (Fsp3) is 0.286. The molecule has 4 nitrogen and oxygen atoms in total. The Balaban J connectivity index is 2.06. The largest absolute Gasteiger partial charge is 0.383 e. The molecule has 2 heterocycles. The van der Waals surface area contributed by atoms with Gasteiger partial charge in [-0.2, -0.15) is 0 Å². The second-order valence-corrected chi connectivity index (χ2v) is 5.41. The number of hydrogen-bond acceptors (Lipinski definition) is 5. The summed E-state index contributed by atoms with van der Waals surface area (Å²) in [6.45, 7) is 2.23. The van der Waals surface area contributed by atoms with Crippen LogP contribution in [0.1, 0.15) is 5.56 Å². The number of methoxy groups -OCH3 is 1. The molecule has 0 aliphatic carbocycles. The first kappa shape index (κ1) is 15.3. The highest BCUT2D eigenvalue weighted by atomic mass is 35.5. The molecule has 2 aromatic rings. The highest BCUT2D eigenvalue weighted by Gasteiger charge is 2.08. The minimum atomic E-state index is 0.640. The van der Waals surface area contributed by atoms with Crippen molar-refractivity contribution in [3.8, 4) is 0 Å². The molecule has 0 radical (unpaired) electrons. The lowest BCUT2D eigenvalue weighted by Crippen LogP contribution is -2.19. The molecule has 0 amide bonds. The minimum Gasteiger partial charge on any atom is -0.383 e. The van der Waals surface area contributed by atoms with Crippen molar-refractivity contribution in [3.05, 3.63) is 47.2 Å². The fourth-order valence-corrected chi connectivity index (χ4v) is 2.67. The number of pyridine rings is 2. The van der Waals surface area contributed by atoms with Gasteiger partial charge in [-0.3, -0.25) is 0 Å². The Morgan fingerprint density at radius 1 is 1.20 bits per heavy atom. The highest BCUT2D eigenvalue weighted by molar-refractivity contribution is 7.99. The number of nitrogens with one attached hydrogen (secondary N) is 1. The lowest BCUT2D eigenvalue weighted by Gasteiger charge is -2.09. The van der Waals surface area contributed by atoms with Gasteiger partial charge in [0.15, 0.2) is 0 Å². The van der Waals surface area contributed by atoms with Crippen molar-refractivity contribution in [3.63, 3.8) is 0 Å². The van der Waals surface area contributed by atoms with Gasteiger partial charge in [-0.15, -0.1) is 0 Å². The van der Waals surface area contributed by atoms with E-state index in [0.29, 0.717) is 11.6 Å². The van der Waals surface area contributed by atoms with E-state index in [1.54, 1.807) is 19.5 Å². The smallest absolute Gasteiger partial charge is 0.121 e. The van der Waals surface area contributed by atoms with Gasteiger partial charge in [0.2, 0.25) is 0 Å². The molecule has 0 atom stereocenters. The molecule has 0 saturated heterocycles. The number of ether oxygens (including phenoxy) is 1. The Bertz CT molecular complexity index is 553. The van der Waals surface area contributed by atoms with Crippen LogP contribution in [-0.2, 0) is 11.3 Å². The van der Waals surface area contributed by atoms with Gasteiger partial charge < -0.3 is 10.1 Å². The molecule has 20 heavy (non-hydrogen) atoms. The molecule has 0 aliphatic heterocycles. The SMILES string of the molecule is COCCNCc1cccnc1Sc1ncccc1Cl. The number of rotatable bonds is 7. The Labute approximate surface area is 127 Å². The van der Waals surface area contributed by atoms with Crippen molar-refractivity contribution in [1.82, 2.24) is 15.3 Å². The van der Waals surface area contributed by atoms with Gasteiger partial charge in [-0.05, 0) is 35.5 Å².